The van der Waals surface area contributed by atoms with Crippen molar-refractivity contribution in [2.75, 3.05) is 11.9 Å². The van der Waals surface area contributed by atoms with E-state index in [1.807, 2.05) is 13.0 Å². The molecule has 0 spiro atoms. The number of nitrogens with one attached hydrogen (secondary N) is 1. The molecule has 0 saturated heterocycles. The molecule has 2 heteroatoms. The van der Waals surface area contributed by atoms with Crippen molar-refractivity contribution >= 4 is 17.3 Å². The van der Waals surface area contributed by atoms with Crippen molar-refractivity contribution in [2.24, 2.45) is 5.92 Å². The molecule has 0 aliphatic heterocycles. The van der Waals surface area contributed by atoms with E-state index in [0.29, 0.717) is 11.8 Å². The minimum absolute atomic E-state index is 0.466. The van der Waals surface area contributed by atoms with Crippen LogP contribution in [0.5, 0.6) is 0 Å². The molecule has 2 rings (SSSR count). The van der Waals surface area contributed by atoms with Gasteiger partial charge in [-0.25, -0.2) is 0 Å². The first-order chi connectivity index (χ1) is 10.5. The Bertz CT molecular complexity index is 602. The Morgan fingerprint density at radius 2 is 1.68 bits per heavy atom. The second-order valence-electron chi connectivity index (χ2n) is 6.59. The van der Waals surface area contributed by atoms with Crippen LogP contribution in [0, 0.1) is 12.8 Å². The van der Waals surface area contributed by atoms with Gasteiger partial charge < -0.3 is 5.32 Å². The minimum atomic E-state index is 0.466. The van der Waals surface area contributed by atoms with Crippen LogP contribution in [-0.2, 0) is 6.42 Å². The van der Waals surface area contributed by atoms with Crippen LogP contribution in [0.2, 0.25) is 5.02 Å². The summed E-state index contributed by atoms with van der Waals surface area (Å²) in [5, 5.41) is 4.29. The average Bonchev–Trinajstić information content (AvgIpc) is 2.48. The van der Waals surface area contributed by atoms with Gasteiger partial charge in [0.25, 0.3) is 0 Å². The first-order valence-corrected chi connectivity index (χ1v) is 8.42. The lowest BCUT2D eigenvalue weighted by molar-refractivity contribution is 0.647. The Balaban J connectivity index is 1.93. The quantitative estimate of drug-likeness (QED) is 0.683. The number of rotatable bonds is 6. The first kappa shape index (κ1) is 16.9. The summed E-state index contributed by atoms with van der Waals surface area (Å²) in [7, 11) is 0. The number of halogens is 1. The normalized spacial score (nSPS) is 12.5. The van der Waals surface area contributed by atoms with E-state index in [4.69, 9.17) is 11.6 Å². The van der Waals surface area contributed by atoms with Gasteiger partial charge >= 0.3 is 0 Å². The number of hydrogen-bond acceptors (Lipinski definition) is 1. The first-order valence-electron chi connectivity index (χ1n) is 8.04. The van der Waals surface area contributed by atoms with Crippen LogP contribution >= 0.6 is 11.6 Å². The zero-order chi connectivity index (χ0) is 16.1. The zero-order valence-corrected chi connectivity index (χ0v) is 14.7. The van der Waals surface area contributed by atoms with Gasteiger partial charge in [-0.05, 0) is 54.0 Å². The zero-order valence-electron chi connectivity index (χ0n) is 14.0. The molecule has 0 aliphatic carbocycles. The highest BCUT2D eigenvalue weighted by atomic mass is 35.5. The van der Waals surface area contributed by atoms with E-state index in [1.54, 1.807) is 0 Å². The van der Waals surface area contributed by atoms with E-state index < -0.39 is 0 Å². The highest BCUT2D eigenvalue weighted by Crippen LogP contribution is 2.22. The molecule has 1 atom stereocenters. The molecule has 2 aromatic carbocycles. The maximum absolute atomic E-state index is 6.17. The van der Waals surface area contributed by atoms with Crippen molar-refractivity contribution in [3.8, 4) is 0 Å². The van der Waals surface area contributed by atoms with Crippen LogP contribution in [0.15, 0.2) is 42.5 Å². The summed E-state index contributed by atoms with van der Waals surface area (Å²) in [6.45, 7) is 9.69. The maximum Gasteiger partial charge on any atom is 0.0455 e. The fraction of sp³-hybridized carbons (Fsp3) is 0.400. The van der Waals surface area contributed by atoms with Crippen molar-refractivity contribution in [3.05, 3.63) is 64.2 Å². The Morgan fingerprint density at radius 1 is 1.00 bits per heavy atom. The molecule has 1 nitrogen and oxygen atoms in total. The summed E-state index contributed by atoms with van der Waals surface area (Å²) >= 11 is 6.17. The molecule has 0 heterocycles. The van der Waals surface area contributed by atoms with Gasteiger partial charge in [-0.15, -0.1) is 0 Å². The van der Waals surface area contributed by atoms with Crippen molar-refractivity contribution in [1.29, 1.82) is 0 Å². The van der Waals surface area contributed by atoms with Gasteiger partial charge in [0.05, 0.1) is 0 Å². The Hall–Kier alpha value is -1.47. The molecule has 0 aromatic heterocycles. The molecule has 2 aromatic rings. The van der Waals surface area contributed by atoms with Crippen LogP contribution in [-0.4, -0.2) is 6.54 Å². The molecule has 118 valence electrons. The fourth-order valence-corrected chi connectivity index (χ4v) is 2.73. The average molecular weight is 316 g/mol. The molecule has 0 aliphatic rings. The molecule has 0 fully saturated rings. The van der Waals surface area contributed by atoms with Gasteiger partial charge in [-0.3, -0.25) is 0 Å². The third kappa shape index (κ3) is 4.78. The summed E-state index contributed by atoms with van der Waals surface area (Å²) in [6.07, 6.45) is 1.15. The summed E-state index contributed by atoms with van der Waals surface area (Å²) in [5.41, 5.74) is 4.99. The summed E-state index contributed by atoms with van der Waals surface area (Å²) < 4.78 is 0. The predicted molar refractivity (Wildman–Crippen MR) is 98.1 cm³/mol. The third-order valence-electron chi connectivity index (χ3n) is 3.98. The maximum atomic E-state index is 6.17. The fourth-order valence-electron chi connectivity index (χ4n) is 2.55. The van der Waals surface area contributed by atoms with Crippen LogP contribution in [0.25, 0.3) is 0 Å². The lowest BCUT2D eigenvalue weighted by atomic mass is 9.96. The summed E-state index contributed by atoms with van der Waals surface area (Å²) in [6, 6.07) is 15.2. The second kappa shape index (κ2) is 7.69. The smallest absolute Gasteiger partial charge is 0.0455 e. The van der Waals surface area contributed by atoms with Gasteiger partial charge in [0, 0.05) is 17.3 Å². The largest absolute Gasteiger partial charge is 0.384 e. The van der Waals surface area contributed by atoms with Crippen molar-refractivity contribution < 1.29 is 0 Å². The Labute approximate surface area is 139 Å². The molecule has 0 radical (unpaired) electrons. The molecular weight excluding hydrogens is 290 g/mol. The van der Waals surface area contributed by atoms with E-state index in [9.17, 15) is 0 Å². The number of hydrogen-bond donors (Lipinski definition) is 1. The van der Waals surface area contributed by atoms with Crippen LogP contribution in [0.4, 0.5) is 5.69 Å². The van der Waals surface area contributed by atoms with Gasteiger partial charge in [0.2, 0.25) is 0 Å². The number of aryl methyl sites for hydroxylation is 1. The molecule has 0 bridgehead atoms. The van der Waals surface area contributed by atoms with E-state index in [2.05, 4.69) is 62.5 Å². The van der Waals surface area contributed by atoms with E-state index >= 15 is 0 Å². The molecular formula is C20H26ClN. The topological polar surface area (TPSA) is 12.0 Å². The monoisotopic (exact) mass is 315 g/mol. The standard InChI is InChI=1S/C20H26ClN/c1-14(2)11-17-6-8-18(9-7-17)16(4)13-22-19-10-5-15(3)20(21)12-19/h5-10,12,14,16,22H,11,13H2,1-4H3. The van der Waals surface area contributed by atoms with Gasteiger partial charge in [0.1, 0.15) is 0 Å². The molecule has 22 heavy (non-hydrogen) atoms. The molecule has 1 N–H and O–H groups in total. The Kier molecular flexibility index (Phi) is 5.90. The van der Waals surface area contributed by atoms with Gasteiger partial charge in [-0.1, -0.05) is 62.7 Å². The highest BCUT2D eigenvalue weighted by molar-refractivity contribution is 6.31. The number of benzene rings is 2. The second-order valence-corrected chi connectivity index (χ2v) is 6.99. The minimum Gasteiger partial charge on any atom is -0.384 e. The summed E-state index contributed by atoms with van der Waals surface area (Å²) in [4.78, 5) is 0. The van der Waals surface area contributed by atoms with Crippen LogP contribution in [0.3, 0.4) is 0 Å². The molecule has 1 unspecified atom stereocenters. The van der Waals surface area contributed by atoms with Crippen molar-refractivity contribution in [3.63, 3.8) is 0 Å². The Morgan fingerprint density at radius 3 is 2.27 bits per heavy atom. The van der Waals surface area contributed by atoms with Crippen molar-refractivity contribution in [1.82, 2.24) is 0 Å². The van der Waals surface area contributed by atoms with Gasteiger partial charge in [-0.2, -0.15) is 0 Å². The van der Waals surface area contributed by atoms with Crippen LogP contribution < -0.4 is 5.32 Å². The van der Waals surface area contributed by atoms with E-state index in [-0.39, 0.29) is 0 Å². The third-order valence-corrected chi connectivity index (χ3v) is 4.38. The molecule has 0 amide bonds. The lowest BCUT2D eigenvalue weighted by Crippen LogP contribution is -2.10. The van der Waals surface area contributed by atoms with Crippen LogP contribution in [0.1, 0.15) is 43.4 Å². The highest BCUT2D eigenvalue weighted by Gasteiger charge is 2.06. The summed E-state index contributed by atoms with van der Waals surface area (Å²) in [5.74, 6) is 1.17. The molecule has 0 saturated carbocycles. The number of anilines is 1. The van der Waals surface area contributed by atoms with Gasteiger partial charge in [0.15, 0.2) is 0 Å². The van der Waals surface area contributed by atoms with E-state index in [0.717, 1.165) is 29.2 Å². The predicted octanol–water partition coefficient (Wildman–Crippen LogP) is 6.06. The SMILES string of the molecule is Cc1ccc(NCC(C)c2ccc(CC(C)C)cc2)cc1Cl. The van der Waals surface area contributed by atoms with E-state index in [1.165, 1.54) is 11.1 Å². The van der Waals surface area contributed by atoms with Crippen molar-refractivity contribution in [2.45, 2.75) is 40.0 Å². The lowest BCUT2D eigenvalue weighted by Gasteiger charge is -2.15.